The highest BCUT2D eigenvalue weighted by atomic mass is 79.9. The maximum Gasteiger partial charge on any atom is 0.157 e. The molecule has 1 aliphatic heterocycles. The summed E-state index contributed by atoms with van der Waals surface area (Å²) in [6.07, 6.45) is 7.26. The van der Waals surface area contributed by atoms with Gasteiger partial charge in [-0.05, 0) is 37.0 Å². The maximum absolute atomic E-state index is 5.73. The fourth-order valence-electron chi connectivity index (χ4n) is 2.40. The molecule has 0 aliphatic carbocycles. The van der Waals surface area contributed by atoms with Gasteiger partial charge in [-0.2, -0.15) is 5.10 Å². The van der Waals surface area contributed by atoms with E-state index < -0.39 is 0 Å². The lowest BCUT2D eigenvalue weighted by molar-refractivity contribution is -0.163. The van der Waals surface area contributed by atoms with E-state index in [9.17, 15) is 0 Å². The number of halogens is 1. The average Bonchev–Trinajstić information content (AvgIpc) is 2.98. The summed E-state index contributed by atoms with van der Waals surface area (Å²) in [7, 11) is 0. The highest BCUT2D eigenvalue weighted by Crippen LogP contribution is 2.21. The Morgan fingerprint density at radius 1 is 1.24 bits per heavy atom. The molecule has 1 fully saturated rings. The first kappa shape index (κ1) is 14.8. The third-order valence-electron chi connectivity index (χ3n) is 3.57. The van der Waals surface area contributed by atoms with Crippen molar-refractivity contribution in [2.45, 2.75) is 32.1 Å². The van der Waals surface area contributed by atoms with Gasteiger partial charge in [0.15, 0.2) is 6.29 Å². The van der Waals surface area contributed by atoms with E-state index >= 15 is 0 Å². The number of rotatable bonds is 5. The molecule has 1 aliphatic rings. The molecule has 2 heterocycles. The zero-order valence-electron chi connectivity index (χ0n) is 11.9. The molecule has 1 saturated heterocycles. The summed E-state index contributed by atoms with van der Waals surface area (Å²) in [6, 6.07) is 8.24. The second kappa shape index (κ2) is 7.20. The van der Waals surface area contributed by atoms with Crippen molar-refractivity contribution in [1.82, 2.24) is 9.78 Å². The third kappa shape index (κ3) is 4.15. The molecule has 1 atom stereocenters. The number of hydrogen-bond donors (Lipinski definition) is 0. The predicted octanol–water partition coefficient (Wildman–Crippen LogP) is 3.86. The van der Waals surface area contributed by atoms with Gasteiger partial charge in [0, 0.05) is 22.8 Å². The van der Waals surface area contributed by atoms with E-state index in [4.69, 9.17) is 9.47 Å². The first-order valence-corrected chi connectivity index (χ1v) is 8.12. The van der Waals surface area contributed by atoms with Gasteiger partial charge in [-0.3, -0.25) is 4.68 Å². The highest BCUT2D eigenvalue weighted by Gasteiger charge is 2.13. The Kier molecular flexibility index (Phi) is 5.06. The normalized spacial score (nSPS) is 18.8. The largest absolute Gasteiger partial charge is 0.353 e. The Morgan fingerprint density at radius 2 is 2.10 bits per heavy atom. The summed E-state index contributed by atoms with van der Waals surface area (Å²) in [5, 5.41) is 4.38. The van der Waals surface area contributed by atoms with Crippen LogP contribution in [-0.2, 0) is 16.0 Å². The molecule has 0 radical (unpaired) electrons. The van der Waals surface area contributed by atoms with Gasteiger partial charge in [-0.25, -0.2) is 0 Å². The summed E-state index contributed by atoms with van der Waals surface area (Å²) in [5.74, 6) is 0. The molecular weight excluding hydrogens is 332 g/mol. The maximum atomic E-state index is 5.73. The van der Waals surface area contributed by atoms with Gasteiger partial charge in [0.2, 0.25) is 0 Å². The van der Waals surface area contributed by atoms with Crippen molar-refractivity contribution in [1.29, 1.82) is 0 Å². The second-order valence-electron chi connectivity index (χ2n) is 5.17. The van der Waals surface area contributed by atoms with Crippen LogP contribution in [0.5, 0.6) is 0 Å². The molecule has 21 heavy (non-hydrogen) atoms. The van der Waals surface area contributed by atoms with Gasteiger partial charge in [-0.15, -0.1) is 0 Å². The highest BCUT2D eigenvalue weighted by molar-refractivity contribution is 9.10. The molecule has 3 rings (SSSR count). The van der Waals surface area contributed by atoms with Crippen LogP contribution in [0.2, 0.25) is 0 Å². The van der Waals surface area contributed by atoms with Crippen LogP contribution in [0.15, 0.2) is 41.1 Å². The van der Waals surface area contributed by atoms with Gasteiger partial charge in [0.25, 0.3) is 0 Å². The number of nitrogens with zero attached hydrogens (tertiary/aromatic N) is 2. The van der Waals surface area contributed by atoms with Crippen LogP contribution in [0.3, 0.4) is 0 Å². The van der Waals surface area contributed by atoms with E-state index in [0.717, 1.165) is 36.0 Å². The molecular formula is C16H19BrN2O2. The quantitative estimate of drug-likeness (QED) is 0.821. The summed E-state index contributed by atoms with van der Waals surface area (Å²) in [5.41, 5.74) is 2.29. The van der Waals surface area contributed by atoms with Gasteiger partial charge in [-0.1, -0.05) is 28.1 Å². The Hall–Kier alpha value is -1.17. The molecule has 1 aromatic heterocycles. The van der Waals surface area contributed by atoms with E-state index in [1.807, 2.05) is 29.2 Å². The molecule has 5 heteroatoms. The van der Waals surface area contributed by atoms with Crippen molar-refractivity contribution in [3.05, 3.63) is 41.1 Å². The van der Waals surface area contributed by atoms with E-state index in [0.29, 0.717) is 6.61 Å². The summed E-state index contributed by atoms with van der Waals surface area (Å²) in [6.45, 7) is 2.20. The SMILES string of the molecule is Brc1ccc(-c2cnn(CCO[C@@H]3CCCCO3)c2)cc1. The topological polar surface area (TPSA) is 36.3 Å². The van der Waals surface area contributed by atoms with Crippen LogP contribution in [0.25, 0.3) is 11.1 Å². The van der Waals surface area contributed by atoms with Crippen molar-refractivity contribution < 1.29 is 9.47 Å². The average molecular weight is 351 g/mol. The van der Waals surface area contributed by atoms with Crippen LogP contribution in [0.4, 0.5) is 0 Å². The molecule has 112 valence electrons. The third-order valence-corrected chi connectivity index (χ3v) is 4.10. The summed E-state index contributed by atoms with van der Waals surface area (Å²) < 4.78 is 14.3. The van der Waals surface area contributed by atoms with Crippen LogP contribution < -0.4 is 0 Å². The van der Waals surface area contributed by atoms with Gasteiger partial charge in [0.05, 0.1) is 19.3 Å². The fourth-order valence-corrected chi connectivity index (χ4v) is 2.66. The lowest BCUT2D eigenvalue weighted by Crippen LogP contribution is -2.24. The first-order valence-electron chi connectivity index (χ1n) is 7.33. The Labute approximate surface area is 133 Å². The van der Waals surface area contributed by atoms with Gasteiger partial charge in [0.1, 0.15) is 0 Å². The Balaban J connectivity index is 1.51. The lowest BCUT2D eigenvalue weighted by Gasteiger charge is -2.22. The molecule has 0 amide bonds. The van der Waals surface area contributed by atoms with Crippen molar-refractivity contribution in [2.75, 3.05) is 13.2 Å². The molecule has 1 aromatic carbocycles. The predicted molar refractivity (Wildman–Crippen MR) is 84.9 cm³/mol. The fraction of sp³-hybridized carbons (Fsp3) is 0.438. The molecule has 0 bridgehead atoms. The van der Waals surface area contributed by atoms with Crippen LogP contribution in [-0.4, -0.2) is 29.3 Å². The Morgan fingerprint density at radius 3 is 2.86 bits per heavy atom. The monoisotopic (exact) mass is 350 g/mol. The minimum atomic E-state index is -0.0275. The first-order chi connectivity index (χ1) is 10.3. The summed E-state index contributed by atoms with van der Waals surface area (Å²) >= 11 is 3.45. The summed E-state index contributed by atoms with van der Waals surface area (Å²) in [4.78, 5) is 0. The number of hydrogen-bond acceptors (Lipinski definition) is 3. The molecule has 2 aromatic rings. The molecule has 0 saturated carbocycles. The van der Waals surface area contributed by atoms with Crippen LogP contribution >= 0.6 is 15.9 Å². The lowest BCUT2D eigenvalue weighted by atomic mass is 10.1. The van der Waals surface area contributed by atoms with Crippen molar-refractivity contribution in [3.8, 4) is 11.1 Å². The minimum Gasteiger partial charge on any atom is -0.353 e. The second-order valence-corrected chi connectivity index (χ2v) is 6.08. The molecule has 0 unspecified atom stereocenters. The number of aromatic nitrogens is 2. The minimum absolute atomic E-state index is 0.0275. The molecule has 0 N–H and O–H groups in total. The van der Waals surface area contributed by atoms with Crippen LogP contribution in [0, 0.1) is 0 Å². The molecule has 4 nitrogen and oxygen atoms in total. The number of benzene rings is 1. The standard InChI is InChI=1S/C16H19BrN2O2/c17-15-6-4-13(5-7-15)14-11-18-19(12-14)8-10-21-16-3-1-2-9-20-16/h4-7,11-12,16H,1-3,8-10H2/t16-/m1/s1. The van der Waals surface area contributed by atoms with Crippen molar-refractivity contribution in [2.24, 2.45) is 0 Å². The number of ether oxygens (including phenoxy) is 2. The van der Waals surface area contributed by atoms with Crippen molar-refractivity contribution in [3.63, 3.8) is 0 Å². The van der Waals surface area contributed by atoms with E-state index in [-0.39, 0.29) is 6.29 Å². The van der Waals surface area contributed by atoms with E-state index in [1.54, 1.807) is 0 Å². The zero-order chi connectivity index (χ0) is 14.5. The Bertz CT molecular complexity index is 562. The van der Waals surface area contributed by atoms with Crippen LogP contribution in [0.1, 0.15) is 19.3 Å². The van der Waals surface area contributed by atoms with E-state index in [2.05, 4.69) is 33.2 Å². The van der Waals surface area contributed by atoms with Crippen molar-refractivity contribution >= 4 is 15.9 Å². The van der Waals surface area contributed by atoms with E-state index in [1.165, 1.54) is 12.0 Å². The smallest absolute Gasteiger partial charge is 0.157 e. The van der Waals surface area contributed by atoms with Gasteiger partial charge >= 0.3 is 0 Å². The zero-order valence-corrected chi connectivity index (χ0v) is 13.5. The molecule has 0 spiro atoms. The van der Waals surface area contributed by atoms with Gasteiger partial charge < -0.3 is 9.47 Å².